The third-order valence-corrected chi connectivity index (χ3v) is 4.37. The zero-order valence-corrected chi connectivity index (χ0v) is 12.8. The standard InChI is InChI=1S/C13H21N3O2S/c1-9-11(12(17)18-4)14-13(19-9)16-7-5-6-10(16)8-15(2)3/h10H,5-8H2,1-4H3. The molecule has 1 saturated heterocycles. The van der Waals surface area contributed by atoms with E-state index in [2.05, 4.69) is 28.9 Å². The average molecular weight is 283 g/mol. The van der Waals surface area contributed by atoms with Crippen LogP contribution in [0.25, 0.3) is 0 Å². The first-order valence-electron chi connectivity index (χ1n) is 6.50. The molecule has 0 N–H and O–H groups in total. The summed E-state index contributed by atoms with van der Waals surface area (Å²) in [6.45, 7) is 3.96. The van der Waals surface area contributed by atoms with Crippen LogP contribution in [0, 0.1) is 6.92 Å². The van der Waals surface area contributed by atoms with Crippen molar-refractivity contribution in [1.29, 1.82) is 0 Å². The van der Waals surface area contributed by atoms with Crippen LogP contribution < -0.4 is 4.90 Å². The maximum Gasteiger partial charge on any atom is 0.357 e. The lowest BCUT2D eigenvalue weighted by Crippen LogP contribution is -2.37. The highest BCUT2D eigenvalue weighted by molar-refractivity contribution is 7.15. The number of likely N-dealkylation sites (N-methyl/N-ethyl adjacent to an activating group) is 1. The van der Waals surface area contributed by atoms with Gasteiger partial charge in [0.2, 0.25) is 0 Å². The van der Waals surface area contributed by atoms with E-state index in [1.807, 2.05) is 6.92 Å². The van der Waals surface area contributed by atoms with Crippen LogP contribution in [0.3, 0.4) is 0 Å². The number of ether oxygens (including phenoxy) is 1. The number of esters is 1. The lowest BCUT2D eigenvalue weighted by molar-refractivity contribution is 0.0594. The molecule has 1 fully saturated rings. The third kappa shape index (κ3) is 3.06. The fraction of sp³-hybridized carbons (Fsp3) is 0.692. The van der Waals surface area contributed by atoms with Crippen molar-refractivity contribution in [3.63, 3.8) is 0 Å². The molecule has 6 heteroatoms. The summed E-state index contributed by atoms with van der Waals surface area (Å²) < 4.78 is 4.76. The van der Waals surface area contributed by atoms with Gasteiger partial charge in [0, 0.05) is 24.0 Å². The largest absolute Gasteiger partial charge is 0.464 e. The molecule has 1 aliphatic heterocycles. The van der Waals surface area contributed by atoms with E-state index >= 15 is 0 Å². The predicted octanol–water partition coefficient (Wildman–Crippen LogP) is 1.77. The van der Waals surface area contributed by atoms with E-state index in [-0.39, 0.29) is 5.97 Å². The Kier molecular flexibility index (Phi) is 4.42. The van der Waals surface area contributed by atoms with Crippen molar-refractivity contribution in [1.82, 2.24) is 9.88 Å². The molecule has 2 heterocycles. The molecule has 0 aromatic carbocycles. The number of aromatic nitrogens is 1. The summed E-state index contributed by atoms with van der Waals surface area (Å²) in [5, 5.41) is 0.947. The number of rotatable bonds is 4. The van der Waals surface area contributed by atoms with Crippen molar-refractivity contribution < 1.29 is 9.53 Å². The van der Waals surface area contributed by atoms with E-state index in [1.165, 1.54) is 20.0 Å². The summed E-state index contributed by atoms with van der Waals surface area (Å²) in [7, 11) is 5.57. The molecule has 1 aliphatic rings. The van der Waals surface area contributed by atoms with Gasteiger partial charge in [0.25, 0.3) is 0 Å². The SMILES string of the molecule is COC(=O)c1nc(N2CCCC2CN(C)C)sc1C. The number of carbonyl (C=O) groups excluding carboxylic acids is 1. The minimum absolute atomic E-state index is 0.344. The number of nitrogens with zero attached hydrogens (tertiary/aromatic N) is 3. The van der Waals surface area contributed by atoms with Gasteiger partial charge < -0.3 is 14.5 Å². The molecular weight excluding hydrogens is 262 g/mol. The summed E-state index contributed by atoms with van der Waals surface area (Å²) in [4.78, 5) is 21.5. The number of thiazole rings is 1. The minimum Gasteiger partial charge on any atom is -0.464 e. The Labute approximate surface area is 118 Å². The number of carbonyl (C=O) groups is 1. The van der Waals surface area contributed by atoms with E-state index < -0.39 is 0 Å². The molecule has 0 aliphatic carbocycles. The molecule has 106 valence electrons. The quantitative estimate of drug-likeness (QED) is 0.788. The number of hydrogen-bond donors (Lipinski definition) is 0. The van der Waals surface area contributed by atoms with E-state index in [0.29, 0.717) is 11.7 Å². The molecule has 1 aromatic heterocycles. The Balaban J connectivity index is 2.19. The van der Waals surface area contributed by atoms with Gasteiger partial charge in [-0.1, -0.05) is 0 Å². The van der Waals surface area contributed by atoms with Gasteiger partial charge >= 0.3 is 5.97 Å². The summed E-state index contributed by atoms with van der Waals surface area (Å²) in [5.41, 5.74) is 0.456. The molecule has 0 bridgehead atoms. The average Bonchev–Trinajstić information content (AvgIpc) is 2.94. The highest BCUT2D eigenvalue weighted by atomic mass is 32.1. The molecule has 2 rings (SSSR count). The molecule has 0 spiro atoms. The Morgan fingerprint density at radius 2 is 2.32 bits per heavy atom. The van der Waals surface area contributed by atoms with Crippen LogP contribution in [-0.2, 0) is 4.74 Å². The van der Waals surface area contributed by atoms with Gasteiger partial charge in [0.1, 0.15) is 0 Å². The van der Waals surface area contributed by atoms with Crippen LogP contribution in [0.4, 0.5) is 5.13 Å². The fourth-order valence-corrected chi connectivity index (χ4v) is 3.48. The Morgan fingerprint density at radius 3 is 2.95 bits per heavy atom. The smallest absolute Gasteiger partial charge is 0.357 e. The highest BCUT2D eigenvalue weighted by Crippen LogP contribution is 2.31. The number of hydrogen-bond acceptors (Lipinski definition) is 6. The first kappa shape index (κ1) is 14.3. The normalized spacial score (nSPS) is 19.2. The maximum absolute atomic E-state index is 11.6. The second kappa shape index (κ2) is 5.88. The van der Waals surface area contributed by atoms with Crippen molar-refractivity contribution in [2.24, 2.45) is 0 Å². The summed E-state index contributed by atoms with van der Waals surface area (Å²) in [6, 6.07) is 0.492. The molecule has 1 aromatic rings. The zero-order valence-electron chi connectivity index (χ0n) is 12.0. The molecule has 19 heavy (non-hydrogen) atoms. The molecular formula is C13H21N3O2S. The maximum atomic E-state index is 11.6. The molecule has 0 radical (unpaired) electrons. The predicted molar refractivity (Wildman–Crippen MR) is 77.1 cm³/mol. The molecule has 5 nitrogen and oxygen atoms in total. The van der Waals surface area contributed by atoms with E-state index in [1.54, 1.807) is 11.3 Å². The van der Waals surface area contributed by atoms with Crippen LogP contribution in [-0.4, -0.2) is 56.2 Å². The van der Waals surface area contributed by atoms with Crippen molar-refractivity contribution >= 4 is 22.4 Å². The molecule has 0 amide bonds. The number of anilines is 1. The zero-order chi connectivity index (χ0) is 14.0. The summed E-state index contributed by atoms with van der Waals surface area (Å²) in [6.07, 6.45) is 2.37. The van der Waals surface area contributed by atoms with Crippen molar-refractivity contribution in [2.45, 2.75) is 25.8 Å². The van der Waals surface area contributed by atoms with E-state index in [4.69, 9.17) is 4.74 Å². The minimum atomic E-state index is -0.344. The van der Waals surface area contributed by atoms with Gasteiger partial charge in [0.15, 0.2) is 10.8 Å². The number of methoxy groups -OCH3 is 1. The van der Waals surface area contributed by atoms with Crippen LogP contribution in [0.5, 0.6) is 0 Å². The Hall–Kier alpha value is -1.14. The summed E-state index contributed by atoms with van der Waals surface area (Å²) in [5.74, 6) is -0.344. The van der Waals surface area contributed by atoms with Crippen molar-refractivity contribution in [3.8, 4) is 0 Å². The number of aryl methyl sites for hydroxylation is 1. The topological polar surface area (TPSA) is 45.7 Å². The van der Waals surface area contributed by atoms with Crippen molar-refractivity contribution in [2.75, 3.05) is 39.2 Å². The monoisotopic (exact) mass is 283 g/mol. The van der Waals surface area contributed by atoms with Gasteiger partial charge in [-0.2, -0.15) is 0 Å². The lowest BCUT2D eigenvalue weighted by atomic mass is 10.2. The molecule has 0 saturated carbocycles. The third-order valence-electron chi connectivity index (χ3n) is 3.36. The second-order valence-electron chi connectivity index (χ2n) is 5.14. The van der Waals surface area contributed by atoms with Crippen LogP contribution in [0.1, 0.15) is 28.2 Å². The summed E-state index contributed by atoms with van der Waals surface area (Å²) >= 11 is 1.58. The highest BCUT2D eigenvalue weighted by Gasteiger charge is 2.29. The lowest BCUT2D eigenvalue weighted by Gasteiger charge is -2.26. The van der Waals surface area contributed by atoms with Gasteiger partial charge in [-0.3, -0.25) is 0 Å². The first-order chi connectivity index (χ1) is 9.02. The van der Waals surface area contributed by atoms with Crippen LogP contribution >= 0.6 is 11.3 Å². The van der Waals surface area contributed by atoms with Crippen molar-refractivity contribution in [3.05, 3.63) is 10.6 Å². The van der Waals surface area contributed by atoms with E-state index in [9.17, 15) is 4.79 Å². The Bertz CT molecular complexity index is 459. The van der Waals surface area contributed by atoms with Gasteiger partial charge in [0.05, 0.1) is 7.11 Å². The van der Waals surface area contributed by atoms with Crippen LogP contribution in [0.15, 0.2) is 0 Å². The molecule has 1 atom stereocenters. The molecule has 1 unspecified atom stereocenters. The van der Waals surface area contributed by atoms with Gasteiger partial charge in [-0.05, 0) is 33.9 Å². The second-order valence-corrected chi connectivity index (χ2v) is 6.33. The van der Waals surface area contributed by atoms with Gasteiger partial charge in [-0.15, -0.1) is 11.3 Å². The van der Waals surface area contributed by atoms with E-state index in [0.717, 1.165) is 23.1 Å². The fourth-order valence-electron chi connectivity index (χ4n) is 2.49. The van der Waals surface area contributed by atoms with Gasteiger partial charge in [-0.25, -0.2) is 9.78 Å². The first-order valence-corrected chi connectivity index (χ1v) is 7.31. The Morgan fingerprint density at radius 1 is 1.58 bits per heavy atom. The van der Waals surface area contributed by atoms with Crippen LogP contribution in [0.2, 0.25) is 0 Å².